The highest BCUT2D eigenvalue weighted by Gasteiger charge is 2.04. The highest BCUT2D eigenvalue weighted by molar-refractivity contribution is 6.31. The summed E-state index contributed by atoms with van der Waals surface area (Å²) in [5.41, 5.74) is 0.855. The molecule has 2 aromatic rings. The summed E-state index contributed by atoms with van der Waals surface area (Å²) in [7, 11) is 0. The molecule has 0 saturated carbocycles. The van der Waals surface area contributed by atoms with Crippen LogP contribution in [-0.2, 0) is 6.61 Å². The van der Waals surface area contributed by atoms with Gasteiger partial charge in [-0.15, -0.1) is 0 Å². The molecule has 2 rings (SSSR count). The summed E-state index contributed by atoms with van der Waals surface area (Å²) in [6.07, 6.45) is 0. The molecular weight excluding hydrogens is 253 g/mol. The molecule has 4 heteroatoms. The standard InChI is InChI=1S/C14H9ClFNO/c15-13-7-12(6-5-10(13)8-17)18-9-11-3-1-2-4-14(11)16/h1-7H,9H2. The van der Waals surface area contributed by atoms with E-state index in [1.165, 1.54) is 6.07 Å². The van der Waals surface area contributed by atoms with E-state index in [0.717, 1.165) is 0 Å². The number of rotatable bonds is 3. The molecule has 2 nitrogen and oxygen atoms in total. The quantitative estimate of drug-likeness (QED) is 0.839. The van der Waals surface area contributed by atoms with Gasteiger partial charge in [-0.25, -0.2) is 4.39 Å². The van der Waals surface area contributed by atoms with Crippen LogP contribution in [0.5, 0.6) is 5.75 Å². The molecule has 0 aliphatic carbocycles. The zero-order valence-corrected chi connectivity index (χ0v) is 10.1. The summed E-state index contributed by atoms with van der Waals surface area (Å²) in [6.45, 7) is 0.120. The molecule has 0 bridgehead atoms. The maximum Gasteiger partial charge on any atom is 0.129 e. The Bertz CT molecular complexity index is 607. The molecule has 2 aromatic carbocycles. The van der Waals surface area contributed by atoms with E-state index in [4.69, 9.17) is 21.6 Å². The van der Waals surface area contributed by atoms with E-state index in [2.05, 4.69) is 0 Å². The lowest BCUT2D eigenvalue weighted by Crippen LogP contribution is -1.98. The molecule has 0 unspecified atom stereocenters. The Labute approximate surface area is 109 Å². The van der Waals surface area contributed by atoms with Crippen LogP contribution >= 0.6 is 11.6 Å². The lowest BCUT2D eigenvalue weighted by atomic mass is 10.2. The molecule has 0 amide bonds. The third-order valence-electron chi connectivity index (χ3n) is 2.41. The van der Waals surface area contributed by atoms with Crippen molar-refractivity contribution in [3.8, 4) is 11.8 Å². The second-order valence-corrected chi connectivity index (χ2v) is 4.04. The van der Waals surface area contributed by atoms with Crippen molar-refractivity contribution in [2.24, 2.45) is 0 Å². The molecule has 0 heterocycles. The Morgan fingerprint density at radius 2 is 2.00 bits per heavy atom. The molecule has 0 aliphatic heterocycles. The predicted octanol–water partition coefficient (Wildman–Crippen LogP) is 3.93. The van der Waals surface area contributed by atoms with Gasteiger partial charge in [-0.2, -0.15) is 5.26 Å². The van der Waals surface area contributed by atoms with Crippen LogP contribution < -0.4 is 4.74 Å². The van der Waals surface area contributed by atoms with E-state index in [0.29, 0.717) is 21.9 Å². The summed E-state index contributed by atoms with van der Waals surface area (Å²) < 4.78 is 18.8. The summed E-state index contributed by atoms with van der Waals surface area (Å²) >= 11 is 5.87. The van der Waals surface area contributed by atoms with Gasteiger partial charge in [0.1, 0.15) is 24.2 Å². The Kier molecular flexibility index (Phi) is 3.81. The van der Waals surface area contributed by atoms with Crippen molar-refractivity contribution in [3.05, 3.63) is 64.4 Å². The maximum absolute atomic E-state index is 13.3. The normalized spacial score (nSPS) is 9.83. The number of ether oxygens (including phenoxy) is 1. The maximum atomic E-state index is 13.3. The van der Waals surface area contributed by atoms with Crippen LogP contribution in [0.3, 0.4) is 0 Å². The lowest BCUT2D eigenvalue weighted by molar-refractivity contribution is 0.300. The molecule has 0 fully saturated rings. The van der Waals surface area contributed by atoms with Crippen molar-refractivity contribution < 1.29 is 9.13 Å². The van der Waals surface area contributed by atoms with Crippen molar-refractivity contribution in [2.75, 3.05) is 0 Å². The van der Waals surface area contributed by atoms with Gasteiger partial charge in [-0.3, -0.25) is 0 Å². The number of nitrogens with zero attached hydrogens (tertiary/aromatic N) is 1. The zero-order chi connectivity index (χ0) is 13.0. The number of benzene rings is 2. The third-order valence-corrected chi connectivity index (χ3v) is 2.73. The van der Waals surface area contributed by atoms with Crippen molar-refractivity contribution in [1.29, 1.82) is 5.26 Å². The van der Waals surface area contributed by atoms with Gasteiger partial charge in [-0.1, -0.05) is 29.8 Å². The summed E-state index contributed by atoms with van der Waals surface area (Å²) in [6, 6.07) is 13.1. The molecule has 0 aliphatic rings. The Balaban J connectivity index is 2.10. The average Bonchev–Trinajstić information content (AvgIpc) is 2.38. The van der Waals surface area contributed by atoms with E-state index in [-0.39, 0.29) is 12.4 Å². The van der Waals surface area contributed by atoms with Gasteiger partial charge in [-0.05, 0) is 18.2 Å². The van der Waals surface area contributed by atoms with Gasteiger partial charge in [0.15, 0.2) is 0 Å². The Morgan fingerprint density at radius 1 is 1.22 bits per heavy atom. The molecule has 0 aromatic heterocycles. The van der Waals surface area contributed by atoms with Crippen molar-refractivity contribution in [2.45, 2.75) is 6.61 Å². The van der Waals surface area contributed by atoms with Crippen LogP contribution in [0.2, 0.25) is 5.02 Å². The number of halogens is 2. The van der Waals surface area contributed by atoms with E-state index in [9.17, 15) is 4.39 Å². The van der Waals surface area contributed by atoms with Crippen LogP contribution in [-0.4, -0.2) is 0 Å². The second kappa shape index (κ2) is 5.52. The molecule has 0 radical (unpaired) electrons. The smallest absolute Gasteiger partial charge is 0.129 e. The molecule has 0 atom stereocenters. The van der Waals surface area contributed by atoms with Crippen LogP contribution in [0.15, 0.2) is 42.5 Å². The first-order valence-corrected chi connectivity index (χ1v) is 5.64. The first kappa shape index (κ1) is 12.4. The van der Waals surface area contributed by atoms with Crippen LogP contribution in [0.4, 0.5) is 4.39 Å². The monoisotopic (exact) mass is 261 g/mol. The van der Waals surface area contributed by atoms with E-state index < -0.39 is 0 Å². The minimum atomic E-state index is -0.308. The molecule has 18 heavy (non-hydrogen) atoms. The van der Waals surface area contributed by atoms with Gasteiger partial charge in [0.25, 0.3) is 0 Å². The minimum Gasteiger partial charge on any atom is -0.489 e. The van der Waals surface area contributed by atoms with Gasteiger partial charge in [0, 0.05) is 11.6 Å². The molecular formula is C14H9ClFNO. The third kappa shape index (κ3) is 2.79. The molecule has 0 saturated heterocycles. The number of hydrogen-bond donors (Lipinski definition) is 0. The fraction of sp³-hybridized carbons (Fsp3) is 0.0714. The van der Waals surface area contributed by atoms with E-state index in [1.807, 2.05) is 6.07 Å². The lowest BCUT2D eigenvalue weighted by Gasteiger charge is -2.07. The largest absolute Gasteiger partial charge is 0.489 e. The van der Waals surface area contributed by atoms with Crippen LogP contribution in [0, 0.1) is 17.1 Å². The first-order valence-electron chi connectivity index (χ1n) is 5.26. The SMILES string of the molecule is N#Cc1ccc(OCc2ccccc2F)cc1Cl. The summed E-state index contributed by atoms with van der Waals surface area (Å²) in [5, 5.41) is 9.05. The molecule has 0 spiro atoms. The van der Waals surface area contributed by atoms with E-state index in [1.54, 1.807) is 36.4 Å². The Hall–Kier alpha value is -2.05. The average molecular weight is 262 g/mol. The minimum absolute atomic E-state index is 0.120. The zero-order valence-electron chi connectivity index (χ0n) is 9.36. The van der Waals surface area contributed by atoms with Gasteiger partial charge < -0.3 is 4.74 Å². The van der Waals surface area contributed by atoms with E-state index >= 15 is 0 Å². The molecule has 90 valence electrons. The van der Waals surface area contributed by atoms with Crippen molar-refractivity contribution in [1.82, 2.24) is 0 Å². The highest BCUT2D eigenvalue weighted by Crippen LogP contribution is 2.22. The van der Waals surface area contributed by atoms with Gasteiger partial charge in [0.2, 0.25) is 0 Å². The summed E-state index contributed by atoms with van der Waals surface area (Å²) in [5.74, 6) is 0.194. The van der Waals surface area contributed by atoms with Gasteiger partial charge >= 0.3 is 0 Å². The van der Waals surface area contributed by atoms with Crippen molar-refractivity contribution >= 4 is 11.6 Å². The first-order chi connectivity index (χ1) is 8.70. The van der Waals surface area contributed by atoms with Crippen LogP contribution in [0.1, 0.15) is 11.1 Å². The topological polar surface area (TPSA) is 33.0 Å². The van der Waals surface area contributed by atoms with Crippen molar-refractivity contribution in [3.63, 3.8) is 0 Å². The summed E-state index contributed by atoms with van der Waals surface area (Å²) in [4.78, 5) is 0. The fourth-order valence-electron chi connectivity index (χ4n) is 1.45. The second-order valence-electron chi connectivity index (χ2n) is 3.63. The fourth-order valence-corrected chi connectivity index (χ4v) is 1.67. The molecule has 0 N–H and O–H groups in total. The number of hydrogen-bond acceptors (Lipinski definition) is 2. The Morgan fingerprint density at radius 3 is 2.67 bits per heavy atom. The highest BCUT2D eigenvalue weighted by atomic mass is 35.5. The number of nitriles is 1. The van der Waals surface area contributed by atoms with Crippen LogP contribution in [0.25, 0.3) is 0 Å². The predicted molar refractivity (Wildman–Crippen MR) is 66.9 cm³/mol. The van der Waals surface area contributed by atoms with Gasteiger partial charge in [0.05, 0.1) is 10.6 Å².